The van der Waals surface area contributed by atoms with E-state index in [-0.39, 0.29) is 18.1 Å². The van der Waals surface area contributed by atoms with E-state index in [9.17, 15) is 4.79 Å². The molecule has 2 rings (SSSR count). The smallest absolute Gasteiger partial charge is 0.238 e. The summed E-state index contributed by atoms with van der Waals surface area (Å²) in [6.45, 7) is 3.11. The standard InChI is InChI=1S/C13H17BrN2O2/c1-9-12(5-6-18-9)15-8-13(17)16-11-4-2-3-10(14)7-11/h2-4,7,9,12,15H,5-6,8H2,1H3,(H,16,17). The van der Waals surface area contributed by atoms with Gasteiger partial charge in [-0.25, -0.2) is 0 Å². The summed E-state index contributed by atoms with van der Waals surface area (Å²) in [5, 5.41) is 6.07. The van der Waals surface area contributed by atoms with Crippen molar-refractivity contribution < 1.29 is 9.53 Å². The van der Waals surface area contributed by atoms with E-state index in [0.717, 1.165) is 23.2 Å². The van der Waals surface area contributed by atoms with Crippen LogP contribution in [-0.2, 0) is 9.53 Å². The molecule has 18 heavy (non-hydrogen) atoms. The molecule has 98 valence electrons. The van der Waals surface area contributed by atoms with Crippen molar-refractivity contribution in [3.05, 3.63) is 28.7 Å². The number of anilines is 1. The van der Waals surface area contributed by atoms with Crippen molar-refractivity contribution in [2.24, 2.45) is 0 Å². The average Bonchev–Trinajstić information content (AvgIpc) is 2.72. The first kappa shape index (κ1) is 13.5. The van der Waals surface area contributed by atoms with Crippen LogP contribution in [0, 0.1) is 0 Å². The third-order valence-electron chi connectivity index (χ3n) is 3.01. The van der Waals surface area contributed by atoms with Crippen LogP contribution in [-0.4, -0.2) is 31.2 Å². The molecular weight excluding hydrogens is 296 g/mol. The zero-order chi connectivity index (χ0) is 13.0. The van der Waals surface area contributed by atoms with Crippen molar-refractivity contribution in [2.75, 3.05) is 18.5 Å². The molecule has 1 amide bonds. The van der Waals surface area contributed by atoms with E-state index in [1.807, 2.05) is 31.2 Å². The third kappa shape index (κ3) is 3.80. The lowest BCUT2D eigenvalue weighted by atomic mass is 10.1. The molecule has 0 aliphatic carbocycles. The predicted molar refractivity (Wildman–Crippen MR) is 74.6 cm³/mol. The van der Waals surface area contributed by atoms with Gasteiger partial charge in [-0.3, -0.25) is 4.79 Å². The Balaban J connectivity index is 1.78. The maximum atomic E-state index is 11.8. The first-order valence-corrected chi connectivity index (χ1v) is 6.85. The molecule has 1 saturated heterocycles. The van der Waals surface area contributed by atoms with Crippen LogP contribution in [0.2, 0.25) is 0 Å². The minimum Gasteiger partial charge on any atom is -0.377 e. The monoisotopic (exact) mass is 312 g/mol. The quantitative estimate of drug-likeness (QED) is 0.895. The Morgan fingerprint density at radius 1 is 1.56 bits per heavy atom. The topological polar surface area (TPSA) is 50.4 Å². The number of hydrogen-bond donors (Lipinski definition) is 2. The Morgan fingerprint density at radius 3 is 3.06 bits per heavy atom. The summed E-state index contributed by atoms with van der Waals surface area (Å²) in [6, 6.07) is 7.83. The van der Waals surface area contributed by atoms with Crippen molar-refractivity contribution in [1.29, 1.82) is 0 Å². The lowest BCUT2D eigenvalue weighted by Crippen LogP contribution is -2.39. The van der Waals surface area contributed by atoms with E-state index in [2.05, 4.69) is 26.6 Å². The lowest BCUT2D eigenvalue weighted by Gasteiger charge is -2.15. The van der Waals surface area contributed by atoms with Crippen molar-refractivity contribution in [1.82, 2.24) is 5.32 Å². The highest BCUT2D eigenvalue weighted by molar-refractivity contribution is 9.10. The minimum absolute atomic E-state index is 0.0350. The molecular formula is C13H17BrN2O2. The summed E-state index contributed by atoms with van der Waals surface area (Å²) in [7, 11) is 0. The van der Waals surface area contributed by atoms with Crippen LogP contribution in [0.15, 0.2) is 28.7 Å². The fraction of sp³-hybridized carbons (Fsp3) is 0.462. The van der Waals surface area contributed by atoms with Crippen LogP contribution in [0.4, 0.5) is 5.69 Å². The number of halogens is 1. The molecule has 1 aromatic carbocycles. The van der Waals surface area contributed by atoms with Gasteiger partial charge in [0, 0.05) is 22.8 Å². The highest BCUT2D eigenvalue weighted by atomic mass is 79.9. The molecule has 0 bridgehead atoms. The molecule has 0 radical (unpaired) electrons. The molecule has 2 N–H and O–H groups in total. The Hall–Kier alpha value is -0.910. The number of rotatable bonds is 4. The first-order chi connectivity index (χ1) is 8.65. The molecule has 1 aliphatic rings. The van der Waals surface area contributed by atoms with E-state index in [4.69, 9.17) is 4.74 Å². The van der Waals surface area contributed by atoms with Gasteiger partial charge in [0.1, 0.15) is 0 Å². The van der Waals surface area contributed by atoms with Gasteiger partial charge in [0.25, 0.3) is 0 Å². The highest BCUT2D eigenvalue weighted by Crippen LogP contribution is 2.15. The summed E-state index contributed by atoms with van der Waals surface area (Å²) in [5.41, 5.74) is 0.798. The number of amides is 1. The second-order valence-corrected chi connectivity index (χ2v) is 5.33. The summed E-state index contributed by atoms with van der Waals surface area (Å²) >= 11 is 3.37. The lowest BCUT2D eigenvalue weighted by molar-refractivity contribution is -0.115. The fourth-order valence-corrected chi connectivity index (χ4v) is 2.39. The van der Waals surface area contributed by atoms with E-state index < -0.39 is 0 Å². The van der Waals surface area contributed by atoms with E-state index >= 15 is 0 Å². The largest absolute Gasteiger partial charge is 0.377 e. The molecule has 1 aromatic rings. The van der Waals surface area contributed by atoms with Crippen LogP contribution in [0.1, 0.15) is 13.3 Å². The van der Waals surface area contributed by atoms with Gasteiger partial charge in [0.2, 0.25) is 5.91 Å². The number of carbonyl (C=O) groups is 1. The van der Waals surface area contributed by atoms with Crippen molar-refractivity contribution >= 4 is 27.5 Å². The van der Waals surface area contributed by atoms with Gasteiger partial charge in [-0.05, 0) is 31.5 Å². The van der Waals surface area contributed by atoms with Gasteiger partial charge in [-0.15, -0.1) is 0 Å². The van der Waals surface area contributed by atoms with E-state index in [1.54, 1.807) is 0 Å². The Bertz CT molecular complexity index is 425. The van der Waals surface area contributed by atoms with E-state index in [0.29, 0.717) is 6.54 Å². The van der Waals surface area contributed by atoms with Crippen molar-refractivity contribution in [3.8, 4) is 0 Å². The molecule has 0 spiro atoms. The molecule has 1 heterocycles. The third-order valence-corrected chi connectivity index (χ3v) is 3.50. The fourth-order valence-electron chi connectivity index (χ4n) is 1.99. The molecule has 4 nitrogen and oxygen atoms in total. The van der Waals surface area contributed by atoms with Gasteiger partial charge in [-0.1, -0.05) is 22.0 Å². The normalized spacial score (nSPS) is 23.0. The molecule has 1 fully saturated rings. The van der Waals surface area contributed by atoms with Crippen LogP contribution in [0.5, 0.6) is 0 Å². The zero-order valence-corrected chi connectivity index (χ0v) is 11.9. The number of nitrogens with one attached hydrogen (secondary N) is 2. The van der Waals surface area contributed by atoms with Gasteiger partial charge in [0.05, 0.1) is 12.6 Å². The maximum Gasteiger partial charge on any atom is 0.238 e. The van der Waals surface area contributed by atoms with Crippen LogP contribution < -0.4 is 10.6 Å². The Kier molecular flexibility index (Phi) is 4.74. The van der Waals surface area contributed by atoms with Crippen LogP contribution in [0.3, 0.4) is 0 Å². The number of hydrogen-bond acceptors (Lipinski definition) is 3. The molecule has 0 aromatic heterocycles. The van der Waals surface area contributed by atoms with Crippen LogP contribution >= 0.6 is 15.9 Å². The van der Waals surface area contributed by atoms with Gasteiger partial charge < -0.3 is 15.4 Å². The number of carbonyl (C=O) groups excluding carboxylic acids is 1. The minimum atomic E-state index is -0.0350. The average molecular weight is 313 g/mol. The second kappa shape index (κ2) is 6.31. The predicted octanol–water partition coefficient (Wildman–Crippen LogP) is 2.15. The zero-order valence-electron chi connectivity index (χ0n) is 10.3. The summed E-state index contributed by atoms with van der Waals surface area (Å²) in [6.07, 6.45) is 1.15. The molecule has 2 atom stereocenters. The first-order valence-electron chi connectivity index (χ1n) is 6.05. The number of ether oxygens (including phenoxy) is 1. The molecule has 5 heteroatoms. The van der Waals surface area contributed by atoms with Gasteiger partial charge in [-0.2, -0.15) is 0 Å². The van der Waals surface area contributed by atoms with E-state index in [1.165, 1.54) is 0 Å². The Labute approximate surface area is 115 Å². The summed E-state index contributed by atoms with van der Waals surface area (Å²) in [5.74, 6) is -0.0350. The SMILES string of the molecule is CC1OCCC1NCC(=O)Nc1cccc(Br)c1. The van der Waals surface area contributed by atoms with Gasteiger partial charge in [0.15, 0.2) is 0 Å². The van der Waals surface area contributed by atoms with Crippen molar-refractivity contribution in [3.63, 3.8) is 0 Å². The Morgan fingerprint density at radius 2 is 2.39 bits per heavy atom. The maximum absolute atomic E-state index is 11.8. The number of benzene rings is 1. The molecule has 0 saturated carbocycles. The molecule has 1 aliphatic heterocycles. The summed E-state index contributed by atoms with van der Waals surface area (Å²) < 4.78 is 6.38. The molecule has 2 unspecified atom stereocenters. The van der Waals surface area contributed by atoms with Gasteiger partial charge >= 0.3 is 0 Å². The van der Waals surface area contributed by atoms with Crippen molar-refractivity contribution in [2.45, 2.75) is 25.5 Å². The highest BCUT2D eigenvalue weighted by Gasteiger charge is 2.23. The van der Waals surface area contributed by atoms with Crippen LogP contribution in [0.25, 0.3) is 0 Å². The summed E-state index contributed by atoms with van der Waals surface area (Å²) in [4.78, 5) is 11.8. The second-order valence-electron chi connectivity index (χ2n) is 4.41.